The number of hydrogen-bond acceptors (Lipinski definition) is 4. The number of carbonyl (C=O) groups excluding carboxylic acids is 1. The molecule has 1 aromatic carbocycles. The van der Waals surface area contributed by atoms with Gasteiger partial charge in [0.1, 0.15) is 11.5 Å². The number of aryl methyl sites for hydroxylation is 2. The molecule has 1 heterocycles. The van der Waals surface area contributed by atoms with Crippen LogP contribution in [0.1, 0.15) is 16.9 Å². The van der Waals surface area contributed by atoms with Crippen LogP contribution in [0.15, 0.2) is 42.9 Å². The molecule has 22 heavy (non-hydrogen) atoms. The molecule has 0 atom stereocenters. The summed E-state index contributed by atoms with van der Waals surface area (Å²) in [5.74, 6) is 0.856. The van der Waals surface area contributed by atoms with Gasteiger partial charge in [0.05, 0.1) is 10.7 Å². The van der Waals surface area contributed by atoms with E-state index in [1.165, 1.54) is 6.21 Å². The van der Waals surface area contributed by atoms with Gasteiger partial charge in [-0.25, -0.2) is 5.43 Å². The number of halogens is 2. The molecule has 1 N–H and O–H groups in total. The maximum atomic E-state index is 11.7. The summed E-state index contributed by atoms with van der Waals surface area (Å²) in [5, 5.41) is 3.81. The van der Waals surface area contributed by atoms with Crippen molar-refractivity contribution in [2.24, 2.45) is 5.10 Å². The van der Waals surface area contributed by atoms with Crippen molar-refractivity contribution in [1.29, 1.82) is 0 Å². The standard InChI is InChI=1S/C15H14Br2N2O3/c1-9-3-4-10(2)13(5-9)21-8-14(20)19-18-7-11-6-12(16)15(17)22-11/h3-7H,8H2,1-2H3,(H,19,20). The lowest BCUT2D eigenvalue weighted by atomic mass is 10.1. The number of nitrogens with one attached hydrogen (secondary N) is 1. The van der Waals surface area contributed by atoms with E-state index in [0.717, 1.165) is 15.6 Å². The van der Waals surface area contributed by atoms with Crippen molar-refractivity contribution in [1.82, 2.24) is 5.43 Å². The van der Waals surface area contributed by atoms with Gasteiger partial charge in [-0.3, -0.25) is 4.79 Å². The van der Waals surface area contributed by atoms with Crippen molar-refractivity contribution < 1.29 is 13.9 Å². The highest BCUT2D eigenvalue weighted by Crippen LogP contribution is 2.25. The van der Waals surface area contributed by atoms with E-state index in [9.17, 15) is 4.79 Å². The molecule has 116 valence electrons. The zero-order chi connectivity index (χ0) is 16.1. The van der Waals surface area contributed by atoms with Gasteiger partial charge in [0, 0.05) is 6.07 Å². The maximum absolute atomic E-state index is 11.7. The molecule has 0 bridgehead atoms. The first-order valence-electron chi connectivity index (χ1n) is 6.42. The second-order valence-electron chi connectivity index (χ2n) is 4.62. The first kappa shape index (κ1) is 16.8. The number of rotatable bonds is 5. The number of furan rings is 1. The highest BCUT2D eigenvalue weighted by molar-refractivity contribution is 9.13. The van der Waals surface area contributed by atoms with Crippen LogP contribution in [0.4, 0.5) is 0 Å². The smallest absolute Gasteiger partial charge is 0.277 e. The Labute approximate surface area is 145 Å². The molecular weight excluding hydrogens is 416 g/mol. The fourth-order valence-electron chi connectivity index (χ4n) is 1.63. The number of hydrazone groups is 1. The van der Waals surface area contributed by atoms with Crippen LogP contribution < -0.4 is 10.2 Å². The zero-order valence-electron chi connectivity index (χ0n) is 12.0. The lowest BCUT2D eigenvalue weighted by molar-refractivity contribution is -0.123. The van der Waals surface area contributed by atoms with Crippen LogP contribution in [-0.2, 0) is 4.79 Å². The van der Waals surface area contributed by atoms with E-state index < -0.39 is 0 Å². The van der Waals surface area contributed by atoms with Gasteiger partial charge in [-0.05, 0) is 62.9 Å². The summed E-state index contributed by atoms with van der Waals surface area (Å²) in [4.78, 5) is 11.7. The van der Waals surface area contributed by atoms with Crippen LogP contribution >= 0.6 is 31.9 Å². The average molecular weight is 430 g/mol. The summed E-state index contributed by atoms with van der Waals surface area (Å²) < 4.78 is 12.1. The lowest BCUT2D eigenvalue weighted by Crippen LogP contribution is -2.24. The van der Waals surface area contributed by atoms with Crippen molar-refractivity contribution in [3.63, 3.8) is 0 Å². The topological polar surface area (TPSA) is 63.8 Å². The average Bonchev–Trinajstić information content (AvgIpc) is 2.78. The van der Waals surface area contributed by atoms with Gasteiger partial charge in [-0.1, -0.05) is 12.1 Å². The summed E-state index contributed by atoms with van der Waals surface area (Å²) in [6.45, 7) is 3.79. The van der Waals surface area contributed by atoms with Gasteiger partial charge in [-0.15, -0.1) is 0 Å². The minimum absolute atomic E-state index is 0.104. The molecule has 0 aliphatic carbocycles. The molecule has 2 rings (SSSR count). The van der Waals surface area contributed by atoms with E-state index in [1.54, 1.807) is 6.07 Å². The fourth-order valence-corrected chi connectivity index (χ4v) is 2.24. The number of ether oxygens (including phenoxy) is 1. The van der Waals surface area contributed by atoms with Gasteiger partial charge >= 0.3 is 0 Å². The summed E-state index contributed by atoms with van der Waals surface area (Å²) in [5.41, 5.74) is 4.43. The molecule has 2 aromatic rings. The van der Waals surface area contributed by atoms with Crippen molar-refractivity contribution in [3.05, 3.63) is 50.3 Å². The normalized spacial score (nSPS) is 10.9. The van der Waals surface area contributed by atoms with E-state index in [-0.39, 0.29) is 12.5 Å². The molecule has 5 nitrogen and oxygen atoms in total. The first-order chi connectivity index (χ1) is 10.5. The molecule has 0 saturated carbocycles. The number of hydrogen-bond donors (Lipinski definition) is 1. The molecule has 0 radical (unpaired) electrons. The Hall–Kier alpha value is -1.60. The Morgan fingerprint density at radius 1 is 1.36 bits per heavy atom. The molecule has 0 aliphatic rings. The monoisotopic (exact) mass is 428 g/mol. The fraction of sp³-hybridized carbons (Fsp3) is 0.200. The third kappa shape index (κ3) is 4.71. The summed E-state index contributed by atoms with van der Waals surface area (Å²) in [6.07, 6.45) is 1.41. The van der Waals surface area contributed by atoms with E-state index in [1.807, 2.05) is 32.0 Å². The van der Waals surface area contributed by atoms with E-state index in [0.29, 0.717) is 16.2 Å². The maximum Gasteiger partial charge on any atom is 0.277 e. The van der Waals surface area contributed by atoms with Crippen LogP contribution in [0, 0.1) is 13.8 Å². The first-order valence-corrected chi connectivity index (χ1v) is 8.01. The molecule has 0 saturated heterocycles. The number of nitrogens with zero attached hydrogens (tertiary/aromatic N) is 1. The van der Waals surface area contributed by atoms with Gasteiger partial charge in [0.15, 0.2) is 11.3 Å². The third-order valence-corrected chi connectivity index (χ3v) is 4.46. The largest absolute Gasteiger partial charge is 0.483 e. The minimum Gasteiger partial charge on any atom is -0.483 e. The second-order valence-corrected chi connectivity index (χ2v) is 6.20. The second kappa shape index (κ2) is 7.60. The Kier molecular flexibility index (Phi) is 5.79. The summed E-state index contributed by atoms with van der Waals surface area (Å²) in [6, 6.07) is 7.57. The van der Waals surface area contributed by atoms with Gasteiger partial charge in [-0.2, -0.15) is 5.10 Å². The van der Waals surface area contributed by atoms with Crippen LogP contribution in [0.5, 0.6) is 5.75 Å². The highest BCUT2D eigenvalue weighted by Gasteiger charge is 2.06. The van der Waals surface area contributed by atoms with E-state index in [4.69, 9.17) is 9.15 Å². The predicted molar refractivity (Wildman–Crippen MR) is 91.3 cm³/mol. The number of carbonyl (C=O) groups is 1. The van der Waals surface area contributed by atoms with Crippen molar-refractivity contribution >= 4 is 44.0 Å². The van der Waals surface area contributed by atoms with Crippen LogP contribution in [0.3, 0.4) is 0 Å². The summed E-state index contributed by atoms with van der Waals surface area (Å²) >= 11 is 6.51. The van der Waals surface area contributed by atoms with Gasteiger partial charge in [0.25, 0.3) is 5.91 Å². The molecule has 7 heteroatoms. The van der Waals surface area contributed by atoms with Gasteiger partial charge < -0.3 is 9.15 Å². The minimum atomic E-state index is -0.346. The van der Waals surface area contributed by atoms with Crippen LogP contribution in [0.25, 0.3) is 0 Å². The van der Waals surface area contributed by atoms with Crippen molar-refractivity contribution in [2.45, 2.75) is 13.8 Å². The molecule has 0 fully saturated rings. The summed E-state index contributed by atoms with van der Waals surface area (Å²) in [7, 11) is 0. The quantitative estimate of drug-likeness (QED) is 0.578. The third-order valence-electron chi connectivity index (χ3n) is 2.75. The van der Waals surface area contributed by atoms with Gasteiger partial charge in [0.2, 0.25) is 0 Å². The Morgan fingerprint density at radius 3 is 2.82 bits per heavy atom. The van der Waals surface area contributed by atoms with Crippen molar-refractivity contribution in [2.75, 3.05) is 6.61 Å². The SMILES string of the molecule is Cc1ccc(C)c(OCC(=O)NN=Cc2cc(Br)c(Br)o2)c1. The van der Waals surface area contributed by atoms with Crippen LogP contribution in [-0.4, -0.2) is 18.7 Å². The predicted octanol–water partition coefficient (Wildman–Crippen LogP) is 3.95. The van der Waals surface area contributed by atoms with Crippen molar-refractivity contribution in [3.8, 4) is 5.75 Å². The molecule has 1 aromatic heterocycles. The molecule has 0 aliphatic heterocycles. The van der Waals surface area contributed by atoms with Crippen LogP contribution in [0.2, 0.25) is 0 Å². The van der Waals surface area contributed by atoms with E-state index in [2.05, 4.69) is 42.4 Å². The number of amides is 1. The highest BCUT2D eigenvalue weighted by atomic mass is 79.9. The Bertz CT molecular complexity index is 691. The Balaban J connectivity index is 1.84. The molecular formula is C15H14Br2N2O3. The molecule has 0 unspecified atom stereocenters. The molecule has 0 spiro atoms. The Morgan fingerprint density at radius 2 is 2.14 bits per heavy atom. The number of benzene rings is 1. The van der Waals surface area contributed by atoms with E-state index >= 15 is 0 Å². The molecule has 1 amide bonds. The lowest BCUT2D eigenvalue weighted by Gasteiger charge is -2.08. The zero-order valence-corrected chi connectivity index (χ0v) is 15.2.